The fourth-order valence-electron chi connectivity index (χ4n) is 1.16. The number of hydrogen-bond donors (Lipinski definition) is 1. The summed E-state index contributed by atoms with van der Waals surface area (Å²) in [6.45, 7) is 4.32. The van der Waals surface area contributed by atoms with Gasteiger partial charge in [-0.25, -0.2) is 0 Å². The van der Waals surface area contributed by atoms with Crippen molar-refractivity contribution in [2.24, 2.45) is 5.92 Å². The van der Waals surface area contributed by atoms with E-state index in [9.17, 15) is 0 Å². The van der Waals surface area contributed by atoms with Crippen molar-refractivity contribution in [1.29, 1.82) is 0 Å². The van der Waals surface area contributed by atoms with Crippen LogP contribution in [0.1, 0.15) is 19.4 Å². The highest BCUT2D eigenvalue weighted by Gasteiger charge is 2.00. The van der Waals surface area contributed by atoms with Crippen molar-refractivity contribution in [2.45, 2.75) is 13.8 Å². The van der Waals surface area contributed by atoms with Crippen LogP contribution in [0.25, 0.3) is 6.08 Å². The molecule has 0 spiro atoms. The summed E-state index contributed by atoms with van der Waals surface area (Å²) in [5.41, 5.74) is 2.23. The first kappa shape index (κ1) is 10.0. The van der Waals surface area contributed by atoms with Gasteiger partial charge in [-0.1, -0.05) is 50.3 Å². The van der Waals surface area contributed by atoms with Gasteiger partial charge in [-0.2, -0.15) is 0 Å². The average molecular weight is 176 g/mol. The van der Waals surface area contributed by atoms with Crippen LogP contribution in [0.3, 0.4) is 0 Å². The van der Waals surface area contributed by atoms with E-state index in [1.54, 1.807) is 0 Å². The lowest BCUT2D eigenvalue weighted by atomic mass is 10.0. The van der Waals surface area contributed by atoms with E-state index in [2.05, 4.69) is 13.8 Å². The first-order chi connectivity index (χ1) is 6.24. The van der Waals surface area contributed by atoms with E-state index in [-0.39, 0.29) is 6.61 Å². The molecule has 13 heavy (non-hydrogen) atoms. The van der Waals surface area contributed by atoms with Crippen molar-refractivity contribution in [3.8, 4) is 0 Å². The van der Waals surface area contributed by atoms with E-state index in [4.69, 9.17) is 5.11 Å². The number of benzene rings is 1. The molecule has 0 aromatic heterocycles. The summed E-state index contributed by atoms with van der Waals surface area (Å²) in [4.78, 5) is 0. The van der Waals surface area contributed by atoms with Crippen molar-refractivity contribution >= 4 is 6.08 Å². The molecule has 70 valence electrons. The van der Waals surface area contributed by atoms with Gasteiger partial charge in [-0.3, -0.25) is 0 Å². The van der Waals surface area contributed by atoms with Crippen LogP contribution in [-0.2, 0) is 0 Å². The molecule has 0 aliphatic heterocycles. The van der Waals surface area contributed by atoms with Gasteiger partial charge in [0.2, 0.25) is 0 Å². The highest BCUT2D eigenvalue weighted by molar-refractivity contribution is 5.53. The fraction of sp³-hybridized carbons (Fsp3) is 0.333. The van der Waals surface area contributed by atoms with Crippen LogP contribution in [0.5, 0.6) is 0 Å². The van der Waals surface area contributed by atoms with Crippen LogP contribution < -0.4 is 0 Å². The summed E-state index contributed by atoms with van der Waals surface area (Å²) in [5, 5.41) is 9.09. The molecule has 1 heteroatoms. The van der Waals surface area contributed by atoms with E-state index in [0.717, 1.165) is 11.1 Å². The fourth-order valence-corrected chi connectivity index (χ4v) is 1.16. The minimum atomic E-state index is 0.145. The molecule has 0 saturated heterocycles. The summed E-state index contributed by atoms with van der Waals surface area (Å²) < 4.78 is 0. The van der Waals surface area contributed by atoms with Crippen molar-refractivity contribution in [1.82, 2.24) is 0 Å². The summed E-state index contributed by atoms with van der Waals surface area (Å²) >= 11 is 0. The summed E-state index contributed by atoms with van der Waals surface area (Å²) in [6.07, 6.45) is 2.05. The zero-order chi connectivity index (χ0) is 9.68. The zero-order valence-electron chi connectivity index (χ0n) is 8.20. The molecule has 0 heterocycles. The molecule has 0 saturated carbocycles. The Labute approximate surface area is 79.7 Å². The molecule has 1 rings (SSSR count). The normalized spacial score (nSPS) is 12.2. The van der Waals surface area contributed by atoms with Crippen LogP contribution in [0.2, 0.25) is 0 Å². The summed E-state index contributed by atoms with van der Waals surface area (Å²) in [6, 6.07) is 10.1. The molecule has 0 bridgehead atoms. The van der Waals surface area contributed by atoms with Gasteiger partial charge < -0.3 is 5.11 Å². The summed E-state index contributed by atoms with van der Waals surface area (Å²) in [7, 11) is 0. The van der Waals surface area contributed by atoms with Crippen LogP contribution in [0.4, 0.5) is 0 Å². The molecular formula is C12H16O. The van der Waals surface area contributed by atoms with Gasteiger partial charge >= 0.3 is 0 Å². The highest BCUT2D eigenvalue weighted by Crippen LogP contribution is 2.13. The first-order valence-corrected chi connectivity index (χ1v) is 4.60. The SMILES string of the molecule is CC(C)/C(=C\c1ccccc1)CO. The van der Waals surface area contributed by atoms with Crippen LogP contribution in [-0.4, -0.2) is 11.7 Å². The average Bonchev–Trinajstić information content (AvgIpc) is 2.15. The minimum absolute atomic E-state index is 0.145. The molecule has 1 nitrogen and oxygen atoms in total. The predicted molar refractivity (Wildman–Crippen MR) is 56.3 cm³/mol. The lowest BCUT2D eigenvalue weighted by Gasteiger charge is -2.07. The number of rotatable bonds is 3. The van der Waals surface area contributed by atoms with Crippen LogP contribution in [0, 0.1) is 5.92 Å². The largest absolute Gasteiger partial charge is 0.392 e. The molecule has 0 unspecified atom stereocenters. The Morgan fingerprint density at radius 2 is 1.92 bits per heavy atom. The molecule has 1 aromatic carbocycles. The molecule has 0 radical (unpaired) electrons. The van der Waals surface area contributed by atoms with E-state index in [1.807, 2.05) is 36.4 Å². The predicted octanol–water partition coefficient (Wildman–Crippen LogP) is 2.72. The number of aliphatic hydroxyl groups excluding tert-OH is 1. The Bertz CT molecular complexity index is 272. The van der Waals surface area contributed by atoms with Crippen molar-refractivity contribution < 1.29 is 5.11 Å². The monoisotopic (exact) mass is 176 g/mol. The minimum Gasteiger partial charge on any atom is -0.392 e. The van der Waals surface area contributed by atoms with Gasteiger partial charge in [0.05, 0.1) is 6.61 Å². The van der Waals surface area contributed by atoms with E-state index in [1.165, 1.54) is 0 Å². The van der Waals surface area contributed by atoms with Crippen LogP contribution in [0.15, 0.2) is 35.9 Å². The van der Waals surface area contributed by atoms with Crippen LogP contribution >= 0.6 is 0 Å². The second kappa shape index (κ2) is 4.83. The Kier molecular flexibility index (Phi) is 3.71. The molecule has 1 N–H and O–H groups in total. The maximum atomic E-state index is 9.09. The highest BCUT2D eigenvalue weighted by atomic mass is 16.3. The number of hydrogen-bond acceptors (Lipinski definition) is 1. The molecule has 0 atom stereocenters. The van der Waals surface area contributed by atoms with E-state index < -0.39 is 0 Å². The van der Waals surface area contributed by atoms with E-state index in [0.29, 0.717) is 5.92 Å². The maximum Gasteiger partial charge on any atom is 0.0647 e. The lowest BCUT2D eigenvalue weighted by molar-refractivity contribution is 0.320. The van der Waals surface area contributed by atoms with Gasteiger partial charge in [0.15, 0.2) is 0 Å². The molecule has 0 aliphatic carbocycles. The molecule has 0 amide bonds. The molecular weight excluding hydrogens is 160 g/mol. The van der Waals surface area contributed by atoms with Gasteiger partial charge in [0.25, 0.3) is 0 Å². The van der Waals surface area contributed by atoms with Gasteiger partial charge in [-0.15, -0.1) is 0 Å². The van der Waals surface area contributed by atoms with Crippen molar-refractivity contribution in [3.05, 3.63) is 41.5 Å². The third kappa shape index (κ3) is 3.03. The Morgan fingerprint density at radius 3 is 2.38 bits per heavy atom. The zero-order valence-corrected chi connectivity index (χ0v) is 8.20. The molecule has 0 fully saturated rings. The van der Waals surface area contributed by atoms with E-state index >= 15 is 0 Å². The van der Waals surface area contributed by atoms with Crippen molar-refractivity contribution in [3.63, 3.8) is 0 Å². The first-order valence-electron chi connectivity index (χ1n) is 4.60. The summed E-state index contributed by atoms with van der Waals surface area (Å²) in [5.74, 6) is 0.408. The Hall–Kier alpha value is -1.08. The Balaban J connectivity index is 2.85. The smallest absolute Gasteiger partial charge is 0.0647 e. The van der Waals surface area contributed by atoms with Gasteiger partial charge in [0, 0.05) is 0 Å². The van der Waals surface area contributed by atoms with Crippen molar-refractivity contribution in [2.75, 3.05) is 6.61 Å². The quantitative estimate of drug-likeness (QED) is 0.750. The molecule has 1 aromatic rings. The topological polar surface area (TPSA) is 20.2 Å². The second-order valence-corrected chi connectivity index (χ2v) is 3.44. The third-order valence-electron chi connectivity index (χ3n) is 2.08. The third-order valence-corrected chi connectivity index (χ3v) is 2.08. The standard InChI is InChI=1S/C12H16O/c1-10(2)12(9-13)8-11-6-4-3-5-7-11/h3-8,10,13H,9H2,1-2H3/b12-8-. The Morgan fingerprint density at radius 1 is 1.31 bits per heavy atom. The maximum absolute atomic E-state index is 9.09. The molecule has 0 aliphatic rings. The number of aliphatic hydroxyl groups is 1. The second-order valence-electron chi connectivity index (χ2n) is 3.44. The van der Waals surface area contributed by atoms with Gasteiger partial charge in [-0.05, 0) is 17.1 Å². The lowest BCUT2D eigenvalue weighted by Crippen LogP contribution is -1.98. The van der Waals surface area contributed by atoms with Gasteiger partial charge in [0.1, 0.15) is 0 Å².